The van der Waals surface area contributed by atoms with Gasteiger partial charge in [-0.05, 0) is 0 Å². The Morgan fingerprint density at radius 1 is 1.33 bits per heavy atom. The summed E-state index contributed by atoms with van der Waals surface area (Å²) in [7, 11) is 0. The number of hydrogen-bond acceptors (Lipinski definition) is 4. The number of aliphatic carboxylic acids is 1. The van der Waals surface area contributed by atoms with Crippen LogP contribution < -0.4 is 64.2 Å². The van der Waals surface area contributed by atoms with Gasteiger partial charge in [0.1, 0.15) is 0 Å². The fourth-order valence-electron chi connectivity index (χ4n) is 0.118. The molecule has 0 aliphatic heterocycles. The van der Waals surface area contributed by atoms with Crippen LogP contribution in [0.15, 0.2) is 0 Å². The molecule has 0 aliphatic rings. The molecule has 0 atom stereocenters. The Kier molecular flexibility index (Phi) is 17.4. The van der Waals surface area contributed by atoms with Gasteiger partial charge in [0.25, 0.3) is 0 Å². The van der Waals surface area contributed by atoms with E-state index in [1.165, 1.54) is 0 Å². The van der Waals surface area contributed by atoms with E-state index in [0.717, 1.165) is 0 Å². The monoisotopic (exact) mass is 164 g/mol. The van der Waals surface area contributed by atoms with Gasteiger partial charge in [-0.2, -0.15) is 0 Å². The van der Waals surface area contributed by atoms with Crippen LogP contribution >= 0.6 is 0 Å². The first-order valence-electron chi connectivity index (χ1n) is 1.52. The van der Waals surface area contributed by atoms with Gasteiger partial charge in [0, 0.05) is 17.5 Å². The summed E-state index contributed by atoms with van der Waals surface area (Å²) in [4.78, 5) is 19.1. The van der Waals surface area contributed by atoms with Crippen LogP contribution in [0, 0.1) is 0 Å². The van der Waals surface area contributed by atoms with Crippen molar-refractivity contribution >= 4 is 23.7 Å². The van der Waals surface area contributed by atoms with Crippen molar-refractivity contribution in [3.63, 3.8) is 0 Å². The van der Waals surface area contributed by atoms with Crippen molar-refractivity contribution in [2.75, 3.05) is 0 Å². The third-order valence-corrected chi connectivity index (χ3v) is 0.433. The van der Waals surface area contributed by atoms with Crippen LogP contribution in [0.3, 0.4) is 0 Å². The molecule has 0 aromatic carbocycles. The second-order valence-electron chi connectivity index (χ2n) is 0.921. The Hall–Kier alpha value is 1.36. The number of hydrogen-bond donors (Lipinski definition) is 0. The molecule has 0 rings (SSSR count). The van der Waals surface area contributed by atoms with Crippen LogP contribution in [0.5, 0.6) is 0 Å². The molecule has 0 spiro atoms. The first-order chi connectivity index (χ1) is 3.13. The molecule has 0 N–H and O–H groups in total. The molecule has 0 fully saturated rings. The molecular formula is C3H2Na2O3S. The Morgan fingerprint density at radius 2 is 1.67 bits per heavy atom. The van der Waals surface area contributed by atoms with Crippen LogP contribution in [0.25, 0.3) is 0 Å². The first-order valence-corrected chi connectivity index (χ1v) is 1.93. The van der Waals surface area contributed by atoms with Gasteiger partial charge in [-0.15, -0.1) is 0 Å². The summed E-state index contributed by atoms with van der Waals surface area (Å²) >= 11 is 3.90. The molecule has 0 aromatic heterocycles. The molecule has 0 amide bonds. The molecule has 3 nitrogen and oxygen atoms in total. The molecule has 0 bridgehead atoms. The molecule has 0 unspecified atom stereocenters. The standard InChI is InChI=1S/C3H4O3S.2Na/c4-2(5)1-3(6)7;;/h1H2,(H,4,5)(H,6,7);;/q;2*+1/p-2. The first kappa shape index (κ1) is 16.8. The number of rotatable bonds is 2. The van der Waals surface area contributed by atoms with Crippen molar-refractivity contribution in [3.8, 4) is 0 Å². The van der Waals surface area contributed by atoms with Gasteiger partial charge in [0.05, 0.1) is 0 Å². The maximum atomic E-state index is 9.65. The average Bonchev–Trinajstić information content (AvgIpc) is 1.27. The van der Waals surface area contributed by atoms with E-state index in [-0.39, 0.29) is 59.1 Å². The minimum atomic E-state index is -1.42. The summed E-state index contributed by atoms with van der Waals surface area (Å²) in [5.41, 5.74) is 0. The van der Waals surface area contributed by atoms with Gasteiger partial charge in [-0.25, -0.2) is 0 Å². The van der Waals surface area contributed by atoms with Crippen molar-refractivity contribution in [1.82, 2.24) is 0 Å². The van der Waals surface area contributed by atoms with Gasteiger partial charge >= 0.3 is 59.1 Å². The number of carboxylic acid groups (broad SMARTS) is 1. The van der Waals surface area contributed by atoms with E-state index in [0.29, 0.717) is 0 Å². The fraction of sp³-hybridized carbons (Fsp3) is 0.333. The van der Waals surface area contributed by atoms with Gasteiger partial charge in [-0.3, -0.25) is 0 Å². The number of carbonyl (C=O) groups is 2. The van der Waals surface area contributed by atoms with E-state index < -0.39 is 17.5 Å². The topological polar surface area (TPSA) is 57.2 Å². The van der Waals surface area contributed by atoms with E-state index in [1.54, 1.807) is 0 Å². The Balaban J connectivity index is -0.000000180. The van der Waals surface area contributed by atoms with E-state index in [9.17, 15) is 14.7 Å². The molecule has 40 valence electrons. The third-order valence-electron chi connectivity index (χ3n) is 0.289. The maximum absolute atomic E-state index is 9.65. The van der Waals surface area contributed by atoms with Gasteiger partial charge in [0.2, 0.25) is 0 Å². The molecule has 6 heteroatoms. The molecular weight excluding hydrogens is 162 g/mol. The summed E-state index contributed by atoms with van der Waals surface area (Å²) in [5, 5.41) is 8.62. The number of carbonyl (C=O) groups excluding carboxylic acids is 2. The summed E-state index contributed by atoms with van der Waals surface area (Å²) in [6.07, 6.45) is -0.657. The van der Waals surface area contributed by atoms with Crippen LogP contribution in [0.4, 0.5) is 0 Å². The minimum absolute atomic E-state index is 0. The van der Waals surface area contributed by atoms with E-state index >= 15 is 0 Å². The predicted molar refractivity (Wildman–Crippen MR) is 22.0 cm³/mol. The molecule has 0 aliphatic carbocycles. The predicted octanol–water partition coefficient (Wildman–Crippen LogP) is -7.79. The quantitative estimate of drug-likeness (QED) is 0.231. The summed E-state index contributed by atoms with van der Waals surface area (Å²) < 4.78 is 0. The largest absolute Gasteiger partial charge is 1.00 e. The van der Waals surface area contributed by atoms with E-state index in [2.05, 4.69) is 12.6 Å². The maximum Gasteiger partial charge on any atom is 1.00 e. The Labute approximate surface area is 103 Å². The molecule has 0 heterocycles. The van der Waals surface area contributed by atoms with Crippen LogP contribution in [0.1, 0.15) is 6.42 Å². The fourth-order valence-corrected chi connectivity index (χ4v) is 0.236. The molecule has 0 saturated heterocycles. The normalized spacial score (nSPS) is 6.22. The van der Waals surface area contributed by atoms with Crippen molar-refractivity contribution in [1.29, 1.82) is 0 Å². The minimum Gasteiger partial charge on any atom is -0.742 e. The zero-order chi connectivity index (χ0) is 5.86. The average molecular weight is 164 g/mol. The molecule has 0 saturated carbocycles. The van der Waals surface area contributed by atoms with Crippen LogP contribution in [0.2, 0.25) is 0 Å². The third kappa shape index (κ3) is 17.6. The molecule has 0 aromatic rings. The Morgan fingerprint density at radius 3 is 1.67 bits per heavy atom. The van der Waals surface area contributed by atoms with E-state index in [4.69, 9.17) is 0 Å². The van der Waals surface area contributed by atoms with Gasteiger partial charge in [0.15, 0.2) is 0 Å². The van der Waals surface area contributed by atoms with Crippen molar-refractivity contribution in [3.05, 3.63) is 0 Å². The van der Waals surface area contributed by atoms with E-state index in [1.807, 2.05) is 0 Å². The van der Waals surface area contributed by atoms with Gasteiger partial charge < -0.3 is 27.3 Å². The summed E-state index contributed by atoms with van der Waals surface area (Å²) in [6.45, 7) is 0. The van der Waals surface area contributed by atoms with Crippen LogP contribution in [-0.4, -0.2) is 11.1 Å². The second kappa shape index (κ2) is 9.36. The zero-order valence-corrected chi connectivity index (χ0v) is 10.2. The molecule has 0 radical (unpaired) electrons. The SMILES string of the molecule is O=C([O-])CC(=O)[S-].[Na+].[Na+]. The summed E-state index contributed by atoms with van der Waals surface area (Å²) in [5.74, 6) is -1.42. The van der Waals surface area contributed by atoms with Crippen molar-refractivity contribution in [2.24, 2.45) is 0 Å². The summed E-state index contributed by atoms with van der Waals surface area (Å²) in [6, 6.07) is 0. The molecule has 9 heavy (non-hydrogen) atoms. The van der Waals surface area contributed by atoms with Crippen LogP contribution in [-0.2, 0) is 22.2 Å². The van der Waals surface area contributed by atoms with Crippen molar-refractivity contribution < 1.29 is 73.8 Å². The van der Waals surface area contributed by atoms with Gasteiger partial charge in [-0.1, -0.05) is 0 Å². The zero-order valence-electron chi connectivity index (χ0n) is 5.34. The second-order valence-corrected chi connectivity index (χ2v) is 1.38. The number of carboxylic acids is 1. The van der Waals surface area contributed by atoms with Crippen molar-refractivity contribution in [2.45, 2.75) is 6.42 Å². The Bertz CT molecular complexity index is 93.2. The smallest absolute Gasteiger partial charge is 0.742 e.